The molecule has 2 rings (SSSR count). The summed E-state index contributed by atoms with van der Waals surface area (Å²) in [4.78, 5) is 8.34. The summed E-state index contributed by atoms with van der Waals surface area (Å²) >= 11 is 0. The Morgan fingerprint density at radius 3 is 2.58 bits per heavy atom. The molecular weight excluding hydrogens is 419 g/mol. The van der Waals surface area contributed by atoms with Crippen molar-refractivity contribution in [3.63, 3.8) is 0 Å². The highest BCUT2D eigenvalue weighted by atomic mass is 127. The molecule has 0 atom stereocenters. The van der Waals surface area contributed by atoms with Crippen LogP contribution in [-0.4, -0.2) is 34.9 Å². The number of methoxy groups -OCH3 is 1. The van der Waals surface area contributed by atoms with E-state index in [4.69, 9.17) is 4.74 Å². The van der Waals surface area contributed by atoms with Gasteiger partial charge in [-0.25, -0.2) is 4.98 Å². The maximum absolute atomic E-state index is 5.13. The Morgan fingerprint density at radius 1 is 1.29 bits per heavy atom. The Kier molecular flexibility index (Phi) is 7.96. The summed E-state index contributed by atoms with van der Waals surface area (Å²) < 4.78 is 7.02. The second kappa shape index (κ2) is 9.45. The van der Waals surface area contributed by atoms with Crippen LogP contribution in [0.3, 0.4) is 0 Å². The van der Waals surface area contributed by atoms with Crippen LogP contribution in [0.25, 0.3) is 0 Å². The summed E-state index contributed by atoms with van der Waals surface area (Å²) in [6, 6.07) is 3.84. The van der Waals surface area contributed by atoms with Crippen LogP contribution in [0.15, 0.2) is 23.3 Å². The highest BCUT2D eigenvalue weighted by Crippen LogP contribution is 2.11. The number of aryl methyl sites for hydroxylation is 2. The van der Waals surface area contributed by atoms with Crippen LogP contribution >= 0.6 is 24.0 Å². The number of ether oxygens (including phenoxy) is 1. The van der Waals surface area contributed by atoms with Gasteiger partial charge in [-0.05, 0) is 25.5 Å². The second-order valence-corrected chi connectivity index (χ2v) is 5.26. The van der Waals surface area contributed by atoms with Gasteiger partial charge in [0.2, 0.25) is 5.88 Å². The van der Waals surface area contributed by atoms with Crippen molar-refractivity contribution in [2.24, 2.45) is 12.0 Å². The van der Waals surface area contributed by atoms with Crippen molar-refractivity contribution in [3.05, 3.63) is 40.8 Å². The first-order valence-electron chi connectivity index (χ1n) is 7.47. The molecule has 0 aliphatic carbocycles. The van der Waals surface area contributed by atoms with E-state index in [1.807, 2.05) is 30.8 Å². The fourth-order valence-corrected chi connectivity index (χ4v) is 2.32. The first-order chi connectivity index (χ1) is 11.0. The van der Waals surface area contributed by atoms with Gasteiger partial charge in [0.05, 0.1) is 12.8 Å². The van der Waals surface area contributed by atoms with Crippen LogP contribution in [0.4, 0.5) is 0 Å². The third-order valence-electron chi connectivity index (χ3n) is 3.78. The molecule has 132 valence electrons. The van der Waals surface area contributed by atoms with Crippen LogP contribution in [0.2, 0.25) is 0 Å². The Balaban J connectivity index is 0.00000288. The van der Waals surface area contributed by atoms with E-state index in [9.17, 15) is 0 Å². The van der Waals surface area contributed by atoms with Crippen LogP contribution < -0.4 is 15.4 Å². The number of nitrogens with one attached hydrogen (secondary N) is 2. The minimum Gasteiger partial charge on any atom is -0.481 e. The SMILES string of the molecule is CN=C(NCc1ccnc(OC)c1)NCc1c(C)nn(C)c1C.I. The maximum atomic E-state index is 5.13. The van der Waals surface area contributed by atoms with Crippen molar-refractivity contribution < 1.29 is 4.74 Å². The standard InChI is InChI=1S/C16H24N6O.HI/c1-11-14(12(2)22(4)21-11)10-20-16(17-3)19-9-13-6-7-18-15(8-13)23-5;/h6-8H,9-10H2,1-5H3,(H2,17,19,20);1H. The van der Waals surface area contributed by atoms with Gasteiger partial charge in [0.25, 0.3) is 0 Å². The summed E-state index contributed by atoms with van der Waals surface area (Å²) in [7, 11) is 5.32. The fraction of sp³-hybridized carbons (Fsp3) is 0.438. The van der Waals surface area contributed by atoms with Crippen LogP contribution in [-0.2, 0) is 20.1 Å². The van der Waals surface area contributed by atoms with E-state index in [1.165, 1.54) is 5.56 Å². The molecule has 2 heterocycles. The normalized spacial score (nSPS) is 11.0. The summed E-state index contributed by atoms with van der Waals surface area (Å²) in [5, 5.41) is 11.0. The summed E-state index contributed by atoms with van der Waals surface area (Å²) in [5.74, 6) is 1.34. The Bertz CT molecular complexity index is 698. The van der Waals surface area contributed by atoms with Gasteiger partial charge in [0.15, 0.2) is 5.96 Å². The highest BCUT2D eigenvalue weighted by molar-refractivity contribution is 14.0. The number of halogens is 1. The molecule has 0 aliphatic rings. The van der Waals surface area contributed by atoms with E-state index < -0.39 is 0 Å². The number of aliphatic imine (C=N–C) groups is 1. The summed E-state index contributed by atoms with van der Waals surface area (Å²) in [6.45, 7) is 5.41. The van der Waals surface area contributed by atoms with E-state index in [1.54, 1.807) is 20.4 Å². The zero-order valence-electron chi connectivity index (χ0n) is 14.8. The molecule has 8 heteroatoms. The van der Waals surface area contributed by atoms with E-state index in [0.717, 1.165) is 22.9 Å². The molecule has 0 aromatic carbocycles. The van der Waals surface area contributed by atoms with Crippen molar-refractivity contribution in [2.45, 2.75) is 26.9 Å². The van der Waals surface area contributed by atoms with Crippen molar-refractivity contribution in [1.82, 2.24) is 25.4 Å². The van der Waals surface area contributed by atoms with Gasteiger partial charge in [-0.3, -0.25) is 9.67 Å². The lowest BCUT2D eigenvalue weighted by Gasteiger charge is -2.12. The third-order valence-corrected chi connectivity index (χ3v) is 3.78. The Hall–Kier alpha value is -1.84. The third kappa shape index (κ3) is 5.08. The molecule has 2 aromatic heterocycles. The predicted molar refractivity (Wildman–Crippen MR) is 106 cm³/mol. The number of hydrogen-bond donors (Lipinski definition) is 2. The van der Waals surface area contributed by atoms with E-state index in [-0.39, 0.29) is 24.0 Å². The van der Waals surface area contributed by atoms with Crippen LogP contribution in [0.1, 0.15) is 22.5 Å². The fourth-order valence-electron chi connectivity index (χ4n) is 2.32. The lowest BCUT2D eigenvalue weighted by Crippen LogP contribution is -2.36. The molecule has 2 aromatic rings. The Labute approximate surface area is 159 Å². The van der Waals surface area contributed by atoms with Crippen molar-refractivity contribution in [2.75, 3.05) is 14.2 Å². The average Bonchev–Trinajstić information content (AvgIpc) is 2.80. The van der Waals surface area contributed by atoms with Gasteiger partial charge in [-0.15, -0.1) is 24.0 Å². The minimum absolute atomic E-state index is 0. The molecule has 0 unspecified atom stereocenters. The topological polar surface area (TPSA) is 76.4 Å². The number of guanidine groups is 1. The largest absolute Gasteiger partial charge is 0.481 e. The molecule has 0 spiro atoms. The molecule has 0 fully saturated rings. The summed E-state index contributed by atoms with van der Waals surface area (Å²) in [6.07, 6.45) is 1.73. The molecular formula is C16H25IN6O. The average molecular weight is 444 g/mol. The van der Waals surface area contributed by atoms with Gasteiger partial charge in [0.1, 0.15) is 0 Å². The first kappa shape index (κ1) is 20.2. The number of aromatic nitrogens is 3. The highest BCUT2D eigenvalue weighted by Gasteiger charge is 2.09. The van der Waals surface area contributed by atoms with E-state index in [0.29, 0.717) is 19.0 Å². The van der Waals surface area contributed by atoms with Gasteiger partial charge in [0, 0.05) is 50.7 Å². The van der Waals surface area contributed by atoms with Crippen LogP contribution in [0, 0.1) is 13.8 Å². The lowest BCUT2D eigenvalue weighted by atomic mass is 10.2. The molecule has 0 amide bonds. The number of hydrogen-bond acceptors (Lipinski definition) is 4. The Morgan fingerprint density at radius 2 is 2.00 bits per heavy atom. The molecule has 24 heavy (non-hydrogen) atoms. The lowest BCUT2D eigenvalue weighted by molar-refractivity contribution is 0.397. The van der Waals surface area contributed by atoms with Gasteiger partial charge < -0.3 is 15.4 Å². The monoisotopic (exact) mass is 444 g/mol. The molecule has 7 nitrogen and oxygen atoms in total. The molecule has 0 saturated carbocycles. The van der Waals surface area contributed by atoms with Crippen molar-refractivity contribution in [1.29, 1.82) is 0 Å². The smallest absolute Gasteiger partial charge is 0.213 e. The maximum Gasteiger partial charge on any atom is 0.213 e. The first-order valence-corrected chi connectivity index (χ1v) is 7.47. The van der Waals surface area contributed by atoms with E-state index in [2.05, 4.69) is 32.6 Å². The van der Waals surface area contributed by atoms with Gasteiger partial charge >= 0.3 is 0 Å². The van der Waals surface area contributed by atoms with Gasteiger partial charge in [-0.2, -0.15) is 5.10 Å². The molecule has 0 aliphatic heterocycles. The molecule has 0 radical (unpaired) electrons. The zero-order valence-corrected chi connectivity index (χ0v) is 17.1. The second-order valence-electron chi connectivity index (χ2n) is 5.26. The molecule has 0 bridgehead atoms. The quantitative estimate of drug-likeness (QED) is 0.419. The minimum atomic E-state index is 0. The summed E-state index contributed by atoms with van der Waals surface area (Å²) in [5.41, 5.74) is 4.46. The van der Waals surface area contributed by atoms with Crippen molar-refractivity contribution >= 4 is 29.9 Å². The van der Waals surface area contributed by atoms with Crippen molar-refractivity contribution in [3.8, 4) is 5.88 Å². The molecule has 2 N–H and O–H groups in total. The van der Waals surface area contributed by atoms with E-state index >= 15 is 0 Å². The van der Waals surface area contributed by atoms with Crippen LogP contribution in [0.5, 0.6) is 5.88 Å². The van der Waals surface area contributed by atoms with Gasteiger partial charge in [-0.1, -0.05) is 0 Å². The molecule has 0 saturated heterocycles. The number of rotatable bonds is 5. The number of nitrogens with zero attached hydrogens (tertiary/aromatic N) is 4. The zero-order chi connectivity index (χ0) is 16.8. The number of pyridine rings is 1. The predicted octanol–water partition coefficient (Wildman–Crippen LogP) is 1.92.